The molecule has 0 aliphatic heterocycles. The highest BCUT2D eigenvalue weighted by atomic mass is 35.5. The maximum atomic E-state index is 12.4. The normalized spacial score (nSPS) is 10.7. The average Bonchev–Trinajstić information content (AvgIpc) is 2.93. The van der Waals surface area contributed by atoms with E-state index >= 15 is 0 Å². The van der Waals surface area contributed by atoms with Gasteiger partial charge >= 0.3 is 5.97 Å². The van der Waals surface area contributed by atoms with E-state index in [1.54, 1.807) is 35.9 Å². The minimum absolute atomic E-state index is 0.176. The molecule has 3 rings (SSSR count). The second-order valence-electron chi connectivity index (χ2n) is 5.57. The highest BCUT2D eigenvalue weighted by Crippen LogP contribution is 2.21. The zero-order valence-electron chi connectivity index (χ0n) is 13.6. The Morgan fingerprint density at radius 3 is 2.50 bits per heavy atom. The first-order chi connectivity index (χ1) is 11.5. The van der Waals surface area contributed by atoms with Gasteiger partial charge in [0.05, 0.1) is 11.4 Å². The molecular weight excluding hydrogens is 326 g/mol. The minimum atomic E-state index is -0.540. The second kappa shape index (κ2) is 6.45. The molecule has 0 N–H and O–H groups in total. The Labute approximate surface area is 144 Å². The van der Waals surface area contributed by atoms with Gasteiger partial charge in [-0.1, -0.05) is 40.6 Å². The lowest BCUT2D eigenvalue weighted by molar-refractivity contribution is 0.0727. The monoisotopic (exact) mass is 341 g/mol. The molecule has 0 spiro atoms. The predicted molar refractivity (Wildman–Crippen MR) is 92.0 cm³/mol. The summed E-state index contributed by atoms with van der Waals surface area (Å²) in [5.74, 6) is -0.0687. The van der Waals surface area contributed by atoms with E-state index in [4.69, 9.17) is 16.3 Å². The van der Waals surface area contributed by atoms with Gasteiger partial charge in [-0.25, -0.2) is 9.48 Å². The van der Waals surface area contributed by atoms with Crippen LogP contribution in [0.1, 0.15) is 27.3 Å². The summed E-state index contributed by atoms with van der Waals surface area (Å²) in [6, 6.07) is 12.7. The average molecular weight is 342 g/mol. The molecule has 5 nitrogen and oxygen atoms in total. The van der Waals surface area contributed by atoms with Gasteiger partial charge < -0.3 is 4.74 Å². The topological polar surface area (TPSA) is 57.0 Å². The number of esters is 1. The first-order valence-corrected chi connectivity index (χ1v) is 7.81. The minimum Gasteiger partial charge on any atom is -0.422 e. The van der Waals surface area contributed by atoms with E-state index in [0.29, 0.717) is 16.5 Å². The Hall–Kier alpha value is -2.66. The highest BCUT2D eigenvalue weighted by Gasteiger charge is 2.20. The molecule has 0 aliphatic carbocycles. The van der Waals surface area contributed by atoms with Crippen LogP contribution in [0.5, 0.6) is 5.75 Å². The van der Waals surface area contributed by atoms with Crippen molar-refractivity contribution < 1.29 is 9.53 Å². The maximum Gasteiger partial charge on any atom is 0.366 e. The molecule has 122 valence electrons. The largest absolute Gasteiger partial charge is 0.422 e. The SMILES string of the molecule is Cc1ccc(OC(=O)c2nnn(-c3cc(Cl)ccc3C)c2C)cc1. The number of nitrogens with zero attached hydrogens (tertiary/aromatic N) is 3. The first-order valence-electron chi connectivity index (χ1n) is 7.43. The lowest BCUT2D eigenvalue weighted by atomic mass is 10.2. The fourth-order valence-electron chi connectivity index (χ4n) is 2.32. The number of aromatic nitrogens is 3. The van der Waals surface area contributed by atoms with Gasteiger partial charge in [-0.2, -0.15) is 0 Å². The van der Waals surface area contributed by atoms with E-state index in [9.17, 15) is 4.79 Å². The molecule has 6 heteroatoms. The van der Waals surface area contributed by atoms with Crippen molar-refractivity contribution in [3.63, 3.8) is 0 Å². The first kappa shape index (κ1) is 16.2. The summed E-state index contributed by atoms with van der Waals surface area (Å²) in [7, 11) is 0. The van der Waals surface area contributed by atoms with Crippen molar-refractivity contribution in [2.24, 2.45) is 0 Å². The molecule has 1 heterocycles. The molecule has 24 heavy (non-hydrogen) atoms. The Morgan fingerprint density at radius 1 is 1.08 bits per heavy atom. The van der Waals surface area contributed by atoms with Crippen LogP contribution >= 0.6 is 11.6 Å². The molecule has 0 radical (unpaired) electrons. The number of hydrogen-bond acceptors (Lipinski definition) is 4. The third kappa shape index (κ3) is 3.16. The van der Waals surface area contributed by atoms with Crippen LogP contribution in [0, 0.1) is 20.8 Å². The summed E-state index contributed by atoms with van der Waals surface area (Å²) in [6.07, 6.45) is 0. The van der Waals surface area contributed by atoms with E-state index < -0.39 is 5.97 Å². The van der Waals surface area contributed by atoms with E-state index in [1.165, 1.54) is 0 Å². The molecule has 0 bridgehead atoms. The third-order valence-corrected chi connectivity index (χ3v) is 3.95. The van der Waals surface area contributed by atoms with Gasteiger partial charge in [0.1, 0.15) is 5.75 Å². The zero-order valence-corrected chi connectivity index (χ0v) is 14.3. The van der Waals surface area contributed by atoms with Crippen LogP contribution in [0.2, 0.25) is 5.02 Å². The zero-order chi connectivity index (χ0) is 17.3. The number of halogens is 1. The number of carbonyl (C=O) groups is 1. The van der Waals surface area contributed by atoms with Crippen LogP contribution < -0.4 is 4.74 Å². The van der Waals surface area contributed by atoms with Crippen molar-refractivity contribution in [3.8, 4) is 11.4 Å². The third-order valence-electron chi connectivity index (χ3n) is 3.72. The Morgan fingerprint density at radius 2 is 1.79 bits per heavy atom. The Kier molecular flexibility index (Phi) is 4.36. The van der Waals surface area contributed by atoms with Crippen molar-refractivity contribution >= 4 is 17.6 Å². The van der Waals surface area contributed by atoms with Crippen molar-refractivity contribution in [2.75, 3.05) is 0 Å². The van der Waals surface area contributed by atoms with Gasteiger partial charge in [0.2, 0.25) is 0 Å². The molecule has 0 saturated heterocycles. The summed E-state index contributed by atoms with van der Waals surface area (Å²) < 4.78 is 6.95. The van der Waals surface area contributed by atoms with E-state index in [2.05, 4.69) is 10.3 Å². The lowest BCUT2D eigenvalue weighted by Gasteiger charge is -2.08. The van der Waals surface area contributed by atoms with Crippen molar-refractivity contribution in [2.45, 2.75) is 20.8 Å². The highest BCUT2D eigenvalue weighted by molar-refractivity contribution is 6.30. The molecule has 0 atom stereocenters. The standard InChI is InChI=1S/C18H16ClN3O2/c1-11-4-8-15(9-5-11)24-18(23)17-13(3)22(21-20-17)16-10-14(19)7-6-12(16)2/h4-10H,1-3H3. The van der Waals surface area contributed by atoms with Crippen LogP contribution in [0.15, 0.2) is 42.5 Å². The fraction of sp³-hybridized carbons (Fsp3) is 0.167. The predicted octanol–water partition coefficient (Wildman–Crippen LogP) is 4.07. The van der Waals surface area contributed by atoms with Gasteiger partial charge in [0.15, 0.2) is 5.69 Å². The summed E-state index contributed by atoms with van der Waals surface area (Å²) in [5, 5.41) is 8.64. The number of hydrogen-bond donors (Lipinski definition) is 0. The molecule has 0 aliphatic rings. The number of aryl methyl sites for hydroxylation is 2. The fourth-order valence-corrected chi connectivity index (χ4v) is 2.49. The molecular formula is C18H16ClN3O2. The van der Waals surface area contributed by atoms with Crippen molar-refractivity contribution in [1.82, 2.24) is 15.0 Å². The van der Waals surface area contributed by atoms with Crippen molar-refractivity contribution in [1.29, 1.82) is 0 Å². The van der Waals surface area contributed by atoms with Crippen LogP contribution in [0.3, 0.4) is 0 Å². The van der Waals surface area contributed by atoms with Gasteiger partial charge in [-0.15, -0.1) is 5.10 Å². The van der Waals surface area contributed by atoms with Gasteiger partial charge in [0, 0.05) is 5.02 Å². The summed E-state index contributed by atoms with van der Waals surface area (Å²) in [5.41, 5.74) is 3.62. The van der Waals surface area contributed by atoms with Crippen LogP contribution in [-0.4, -0.2) is 21.0 Å². The molecule has 0 fully saturated rings. The van der Waals surface area contributed by atoms with E-state index in [0.717, 1.165) is 16.8 Å². The summed E-state index contributed by atoms with van der Waals surface area (Å²) in [4.78, 5) is 12.4. The number of rotatable bonds is 3. The number of benzene rings is 2. The second-order valence-corrected chi connectivity index (χ2v) is 6.01. The quantitative estimate of drug-likeness (QED) is 0.532. The molecule has 3 aromatic rings. The van der Waals surface area contributed by atoms with E-state index in [1.807, 2.05) is 32.0 Å². The molecule has 0 amide bonds. The smallest absolute Gasteiger partial charge is 0.366 e. The van der Waals surface area contributed by atoms with E-state index in [-0.39, 0.29) is 5.69 Å². The van der Waals surface area contributed by atoms with Gasteiger partial charge in [0.25, 0.3) is 0 Å². The summed E-state index contributed by atoms with van der Waals surface area (Å²) >= 11 is 6.06. The molecule has 0 saturated carbocycles. The molecule has 0 unspecified atom stereocenters. The Bertz CT molecular complexity index is 901. The van der Waals surface area contributed by atoms with Gasteiger partial charge in [-0.05, 0) is 50.6 Å². The maximum absolute atomic E-state index is 12.4. The lowest BCUT2D eigenvalue weighted by Crippen LogP contribution is -2.11. The summed E-state index contributed by atoms with van der Waals surface area (Å²) in [6.45, 7) is 5.68. The van der Waals surface area contributed by atoms with Crippen molar-refractivity contribution in [3.05, 3.63) is 70.0 Å². The van der Waals surface area contributed by atoms with Crippen LogP contribution in [0.4, 0.5) is 0 Å². The van der Waals surface area contributed by atoms with Gasteiger partial charge in [-0.3, -0.25) is 0 Å². The number of ether oxygens (including phenoxy) is 1. The molecule has 1 aromatic heterocycles. The van der Waals surface area contributed by atoms with Crippen LogP contribution in [0.25, 0.3) is 5.69 Å². The number of carbonyl (C=O) groups excluding carboxylic acids is 1. The Balaban J connectivity index is 1.90. The van der Waals surface area contributed by atoms with Crippen LogP contribution in [-0.2, 0) is 0 Å². The molecule has 2 aromatic carbocycles.